The summed E-state index contributed by atoms with van der Waals surface area (Å²) in [6, 6.07) is 5.41. The highest BCUT2D eigenvalue weighted by molar-refractivity contribution is 6.31. The average Bonchev–Trinajstić information content (AvgIpc) is 2.44. The molecule has 0 radical (unpaired) electrons. The van der Waals surface area contributed by atoms with Gasteiger partial charge in [-0.3, -0.25) is 5.32 Å². The summed E-state index contributed by atoms with van der Waals surface area (Å²) in [5, 5.41) is 6.68. The average molecular weight is 297 g/mol. The van der Waals surface area contributed by atoms with Crippen molar-refractivity contribution < 1.29 is 9.53 Å². The molecule has 1 fully saturated rings. The van der Waals surface area contributed by atoms with Gasteiger partial charge in [-0.05, 0) is 62.9 Å². The van der Waals surface area contributed by atoms with E-state index in [-0.39, 0.29) is 0 Å². The highest BCUT2D eigenvalue weighted by Crippen LogP contribution is 2.20. The molecular formula is C15H21ClN2O2. The first-order valence-corrected chi connectivity index (χ1v) is 7.43. The van der Waals surface area contributed by atoms with Crippen LogP contribution in [0.3, 0.4) is 0 Å². The quantitative estimate of drug-likeness (QED) is 0.893. The number of piperidine rings is 1. The van der Waals surface area contributed by atoms with Gasteiger partial charge >= 0.3 is 6.09 Å². The molecule has 0 saturated carbocycles. The van der Waals surface area contributed by atoms with Gasteiger partial charge in [0.15, 0.2) is 0 Å². The Morgan fingerprint density at radius 3 is 3.10 bits per heavy atom. The molecule has 1 aromatic rings. The maximum absolute atomic E-state index is 11.7. The van der Waals surface area contributed by atoms with Gasteiger partial charge in [0.2, 0.25) is 0 Å². The van der Waals surface area contributed by atoms with Crippen molar-refractivity contribution in [3.05, 3.63) is 28.8 Å². The number of carbonyl (C=O) groups is 1. The zero-order chi connectivity index (χ0) is 14.4. The Bertz CT molecular complexity index is 459. The normalized spacial score (nSPS) is 18.6. The van der Waals surface area contributed by atoms with Gasteiger partial charge in [-0.15, -0.1) is 0 Å². The van der Waals surface area contributed by atoms with Gasteiger partial charge in [0.25, 0.3) is 0 Å². The molecule has 2 N–H and O–H groups in total. The molecular weight excluding hydrogens is 276 g/mol. The highest BCUT2D eigenvalue weighted by atomic mass is 35.5. The fourth-order valence-corrected chi connectivity index (χ4v) is 2.49. The number of nitrogens with one attached hydrogen (secondary N) is 2. The molecule has 4 nitrogen and oxygen atoms in total. The van der Waals surface area contributed by atoms with E-state index in [9.17, 15) is 4.79 Å². The van der Waals surface area contributed by atoms with Gasteiger partial charge in [-0.25, -0.2) is 4.79 Å². The van der Waals surface area contributed by atoms with Crippen LogP contribution < -0.4 is 10.6 Å². The predicted molar refractivity (Wildman–Crippen MR) is 81.4 cm³/mol. The van der Waals surface area contributed by atoms with E-state index >= 15 is 0 Å². The molecule has 0 aromatic heterocycles. The van der Waals surface area contributed by atoms with Crippen LogP contribution in [0.5, 0.6) is 0 Å². The van der Waals surface area contributed by atoms with Gasteiger partial charge < -0.3 is 10.1 Å². The summed E-state index contributed by atoms with van der Waals surface area (Å²) in [7, 11) is 0. The lowest BCUT2D eigenvalue weighted by Crippen LogP contribution is -2.30. The lowest BCUT2D eigenvalue weighted by molar-refractivity contribution is 0.150. The summed E-state index contributed by atoms with van der Waals surface area (Å²) in [4.78, 5) is 11.7. The monoisotopic (exact) mass is 296 g/mol. The van der Waals surface area contributed by atoms with Crippen LogP contribution >= 0.6 is 11.6 Å². The molecule has 2 rings (SSSR count). The van der Waals surface area contributed by atoms with Crippen LogP contribution in [-0.4, -0.2) is 25.8 Å². The molecule has 1 heterocycles. The number of hydrogen-bond acceptors (Lipinski definition) is 3. The Labute approximate surface area is 124 Å². The molecule has 0 aliphatic carbocycles. The van der Waals surface area contributed by atoms with E-state index in [0.29, 0.717) is 23.2 Å². The van der Waals surface area contributed by atoms with Crippen LogP contribution in [0.1, 0.15) is 24.8 Å². The fourth-order valence-electron chi connectivity index (χ4n) is 2.31. The second-order valence-electron chi connectivity index (χ2n) is 5.23. The first-order valence-electron chi connectivity index (χ1n) is 7.06. The molecule has 0 bridgehead atoms. The van der Waals surface area contributed by atoms with Crippen molar-refractivity contribution in [1.82, 2.24) is 5.32 Å². The largest absolute Gasteiger partial charge is 0.449 e. The van der Waals surface area contributed by atoms with E-state index in [2.05, 4.69) is 10.6 Å². The number of carbonyl (C=O) groups excluding carboxylic acids is 1. The lowest BCUT2D eigenvalue weighted by atomic mass is 9.97. The van der Waals surface area contributed by atoms with Gasteiger partial charge in [0, 0.05) is 10.7 Å². The molecule has 5 heteroatoms. The third-order valence-electron chi connectivity index (χ3n) is 3.58. The summed E-state index contributed by atoms with van der Waals surface area (Å²) in [6.45, 7) is 4.50. The Kier molecular flexibility index (Phi) is 5.68. The minimum absolute atomic E-state index is 0.423. The van der Waals surface area contributed by atoms with Crippen molar-refractivity contribution in [2.24, 2.45) is 5.92 Å². The maximum atomic E-state index is 11.7. The molecule has 1 aromatic carbocycles. The third-order valence-corrected chi connectivity index (χ3v) is 3.98. The number of hydrogen-bond donors (Lipinski definition) is 2. The molecule has 1 atom stereocenters. The Balaban J connectivity index is 1.70. The number of ether oxygens (including phenoxy) is 1. The second kappa shape index (κ2) is 7.50. The van der Waals surface area contributed by atoms with Crippen molar-refractivity contribution in [2.45, 2.75) is 26.2 Å². The standard InChI is InChI=1S/C15H21ClN2O2/c1-11-4-5-13(9-14(11)16)18-15(19)20-8-6-12-3-2-7-17-10-12/h4-5,9,12,17H,2-3,6-8,10H2,1H3,(H,18,19). The molecule has 1 saturated heterocycles. The topological polar surface area (TPSA) is 50.4 Å². The van der Waals surface area contributed by atoms with Crippen molar-refractivity contribution >= 4 is 23.4 Å². The zero-order valence-corrected chi connectivity index (χ0v) is 12.5. The smallest absolute Gasteiger partial charge is 0.411 e. The van der Waals surface area contributed by atoms with Crippen molar-refractivity contribution in [1.29, 1.82) is 0 Å². The van der Waals surface area contributed by atoms with Crippen molar-refractivity contribution in [3.63, 3.8) is 0 Å². The summed E-state index contributed by atoms with van der Waals surface area (Å²) < 4.78 is 5.20. The molecule has 1 amide bonds. The van der Waals surface area contributed by atoms with Gasteiger partial charge in [0.1, 0.15) is 0 Å². The van der Waals surface area contributed by atoms with Crippen LogP contribution in [-0.2, 0) is 4.74 Å². The SMILES string of the molecule is Cc1ccc(NC(=O)OCCC2CCCNC2)cc1Cl. The molecule has 1 aliphatic heterocycles. The summed E-state index contributed by atoms with van der Waals surface area (Å²) in [6.07, 6.45) is 2.91. The molecule has 0 spiro atoms. The molecule has 20 heavy (non-hydrogen) atoms. The molecule has 1 unspecified atom stereocenters. The predicted octanol–water partition coefficient (Wildman–Crippen LogP) is 3.59. The van der Waals surface area contributed by atoms with Crippen molar-refractivity contribution in [2.75, 3.05) is 25.0 Å². The van der Waals surface area contributed by atoms with Crippen LogP contribution in [0.25, 0.3) is 0 Å². The lowest BCUT2D eigenvalue weighted by Gasteiger charge is -2.22. The Morgan fingerprint density at radius 2 is 2.40 bits per heavy atom. The number of anilines is 1. The highest BCUT2D eigenvalue weighted by Gasteiger charge is 2.13. The Hall–Kier alpha value is -1.26. The zero-order valence-electron chi connectivity index (χ0n) is 11.7. The Morgan fingerprint density at radius 1 is 1.55 bits per heavy atom. The second-order valence-corrected chi connectivity index (χ2v) is 5.63. The van der Waals surface area contributed by atoms with Crippen molar-refractivity contribution in [3.8, 4) is 0 Å². The van der Waals surface area contributed by atoms with Gasteiger partial charge in [-0.2, -0.15) is 0 Å². The van der Waals surface area contributed by atoms with E-state index in [1.807, 2.05) is 19.1 Å². The van der Waals surface area contributed by atoms with Gasteiger partial charge in [0.05, 0.1) is 6.61 Å². The number of benzene rings is 1. The van der Waals surface area contributed by atoms with Gasteiger partial charge in [-0.1, -0.05) is 17.7 Å². The van der Waals surface area contributed by atoms with E-state index in [4.69, 9.17) is 16.3 Å². The number of aryl methyl sites for hydroxylation is 1. The minimum atomic E-state index is -0.423. The van der Waals surface area contributed by atoms with Crippen LogP contribution in [0.2, 0.25) is 5.02 Å². The number of amides is 1. The summed E-state index contributed by atoms with van der Waals surface area (Å²) in [5.41, 5.74) is 1.64. The van der Waals surface area contributed by atoms with E-state index < -0.39 is 6.09 Å². The number of rotatable bonds is 4. The van der Waals surface area contributed by atoms with Crippen LogP contribution in [0, 0.1) is 12.8 Å². The number of halogens is 1. The maximum Gasteiger partial charge on any atom is 0.411 e. The summed E-state index contributed by atoms with van der Waals surface area (Å²) >= 11 is 6.00. The van der Waals surface area contributed by atoms with E-state index in [1.165, 1.54) is 12.8 Å². The first kappa shape index (κ1) is 15.1. The van der Waals surface area contributed by atoms with Crippen LogP contribution in [0.15, 0.2) is 18.2 Å². The van der Waals surface area contributed by atoms with E-state index in [0.717, 1.165) is 25.1 Å². The fraction of sp³-hybridized carbons (Fsp3) is 0.533. The minimum Gasteiger partial charge on any atom is -0.449 e. The molecule has 1 aliphatic rings. The van der Waals surface area contributed by atoms with Crippen LogP contribution in [0.4, 0.5) is 10.5 Å². The first-order chi connectivity index (χ1) is 9.65. The summed E-state index contributed by atoms with van der Waals surface area (Å²) in [5.74, 6) is 0.616. The van der Waals surface area contributed by atoms with E-state index in [1.54, 1.807) is 6.07 Å². The molecule has 110 valence electrons. The third kappa shape index (κ3) is 4.69.